The minimum atomic E-state index is -0.470. The molecule has 2 rings (SSSR count). The van der Waals surface area contributed by atoms with Gasteiger partial charge in [-0.05, 0) is 30.7 Å². The summed E-state index contributed by atoms with van der Waals surface area (Å²) in [4.78, 5) is 7.75. The lowest BCUT2D eigenvalue weighted by molar-refractivity contribution is 0.584. The molecule has 0 aliphatic heterocycles. The van der Waals surface area contributed by atoms with E-state index in [1.807, 2.05) is 25.3 Å². The summed E-state index contributed by atoms with van der Waals surface area (Å²) in [6.07, 6.45) is 3.29. The van der Waals surface area contributed by atoms with Crippen LogP contribution in [0.4, 0.5) is 10.1 Å². The Balaban J connectivity index is 1.97. The molecule has 0 saturated carbocycles. The quantitative estimate of drug-likeness (QED) is 0.803. The van der Waals surface area contributed by atoms with Crippen LogP contribution in [0.15, 0.2) is 36.7 Å². The van der Waals surface area contributed by atoms with Gasteiger partial charge in [0.15, 0.2) is 0 Å². The van der Waals surface area contributed by atoms with Gasteiger partial charge in [0.1, 0.15) is 0 Å². The van der Waals surface area contributed by atoms with E-state index in [1.165, 1.54) is 12.3 Å². The number of nitrogens with zero attached hydrogens (tertiary/aromatic N) is 2. The van der Waals surface area contributed by atoms with Gasteiger partial charge in [0.05, 0.1) is 11.9 Å². The van der Waals surface area contributed by atoms with E-state index in [1.54, 1.807) is 6.07 Å². The molecule has 0 bridgehead atoms. The predicted molar refractivity (Wildman–Crippen MR) is 60.5 cm³/mol. The Labute approximate surface area is 93.4 Å². The standard InChI is InChI=1S/C12H12FN3/c1-9-2-3-10(6-14-9)7-15-11-4-5-12(13)16-8-11/h2-6,8,15H,7H2,1H3. The summed E-state index contributed by atoms with van der Waals surface area (Å²) in [5.74, 6) is -0.470. The first-order chi connectivity index (χ1) is 7.74. The summed E-state index contributed by atoms with van der Waals surface area (Å²) < 4.78 is 12.5. The largest absolute Gasteiger partial charge is 0.380 e. The number of nitrogens with one attached hydrogen (secondary N) is 1. The highest BCUT2D eigenvalue weighted by atomic mass is 19.1. The van der Waals surface area contributed by atoms with Gasteiger partial charge >= 0.3 is 0 Å². The van der Waals surface area contributed by atoms with Crippen LogP contribution in [0.25, 0.3) is 0 Å². The van der Waals surface area contributed by atoms with Crippen LogP contribution in [0, 0.1) is 12.9 Å². The summed E-state index contributed by atoms with van der Waals surface area (Å²) in [5.41, 5.74) is 2.86. The molecule has 0 aliphatic rings. The lowest BCUT2D eigenvalue weighted by Gasteiger charge is -2.05. The van der Waals surface area contributed by atoms with Gasteiger partial charge in [-0.2, -0.15) is 4.39 Å². The fraction of sp³-hybridized carbons (Fsp3) is 0.167. The van der Waals surface area contributed by atoms with E-state index in [4.69, 9.17) is 0 Å². The van der Waals surface area contributed by atoms with E-state index in [-0.39, 0.29) is 0 Å². The molecule has 2 aromatic rings. The van der Waals surface area contributed by atoms with E-state index < -0.39 is 5.95 Å². The van der Waals surface area contributed by atoms with Gasteiger partial charge in [0, 0.05) is 18.4 Å². The minimum Gasteiger partial charge on any atom is -0.380 e. The number of hydrogen-bond donors (Lipinski definition) is 1. The van der Waals surface area contributed by atoms with Gasteiger partial charge in [-0.25, -0.2) is 4.98 Å². The van der Waals surface area contributed by atoms with Crippen molar-refractivity contribution in [2.75, 3.05) is 5.32 Å². The number of rotatable bonds is 3. The first-order valence-corrected chi connectivity index (χ1v) is 5.01. The molecule has 2 aromatic heterocycles. The van der Waals surface area contributed by atoms with Crippen molar-refractivity contribution >= 4 is 5.69 Å². The van der Waals surface area contributed by atoms with Gasteiger partial charge < -0.3 is 5.32 Å². The van der Waals surface area contributed by atoms with Crippen LogP contribution < -0.4 is 5.32 Å². The molecule has 0 radical (unpaired) electrons. The molecular formula is C12H12FN3. The second-order valence-electron chi connectivity index (χ2n) is 3.53. The molecule has 3 nitrogen and oxygen atoms in total. The SMILES string of the molecule is Cc1ccc(CNc2ccc(F)nc2)cn1. The summed E-state index contributed by atoms with van der Waals surface area (Å²) in [6, 6.07) is 6.95. The predicted octanol–water partition coefficient (Wildman–Crippen LogP) is 2.54. The molecule has 0 unspecified atom stereocenters. The first-order valence-electron chi connectivity index (χ1n) is 5.01. The Morgan fingerprint density at radius 2 is 2.00 bits per heavy atom. The van der Waals surface area contributed by atoms with Crippen LogP contribution in [0.2, 0.25) is 0 Å². The fourth-order valence-electron chi connectivity index (χ4n) is 1.29. The van der Waals surface area contributed by atoms with Gasteiger partial charge in [-0.1, -0.05) is 6.07 Å². The Morgan fingerprint density at radius 1 is 1.12 bits per heavy atom. The maximum absolute atomic E-state index is 12.5. The monoisotopic (exact) mass is 217 g/mol. The Morgan fingerprint density at radius 3 is 2.62 bits per heavy atom. The van der Waals surface area contributed by atoms with Gasteiger partial charge in [0.25, 0.3) is 0 Å². The zero-order chi connectivity index (χ0) is 11.4. The van der Waals surface area contributed by atoms with Crippen molar-refractivity contribution in [1.82, 2.24) is 9.97 Å². The van der Waals surface area contributed by atoms with Crippen LogP contribution in [0.3, 0.4) is 0 Å². The van der Waals surface area contributed by atoms with Gasteiger partial charge in [-0.3, -0.25) is 4.98 Å². The molecule has 0 saturated heterocycles. The molecule has 0 amide bonds. The molecular weight excluding hydrogens is 205 g/mol. The minimum absolute atomic E-state index is 0.470. The van der Waals surface area contributed by atoms with Crippen molar-refractivity contribution < 1.29 is 4.39 Å². The van der Waals surface area contributed by atoms with Crippen molar-refractivity contribution in [2.45, 2.75) is 13.5 Å². The van der Waals surface area contributed by atoms with Crippen molar-refractivity contribution in [2.24, 2.45) is 0 Å². The maximum Gasteiger partial charge on any atom is 0.212 e. The number of anilines is 1. The molecule has 4 heteroatoms. The van der Waals surface area contributed by atoms with Crippen molar-refractivity contribution in [3.8, 4) is 0 Å². The molecule has 16 heavy (non-hydrogen) atoms. The number of halogens is 1. The van der Waals surface area contributed by atoms with E-state index >= 15 is 0 Å². The zero-order valence-corrected chi connectivity index (χ0v) is 8.94. The summed E-state index contributed by atoms with van der Waals surface area (Å²) in [5, 5.41) is 3.14. The average molecular weight is 217 g/mol. The highest BCUT2D eigenvalue weighted by Gasteiger charge is 1.96. The molecule has 1 N–H and O–H groups in total. The lowest BCUT2D eigenvalue weighted by Crippen LogP contribution is -2.00. The Bertz CT molecular complexity index is 405. The highest BCUT2D eigenvalue weighted by molar-refractivity contribution is 5.40. The highest BCUT2D eigenvalue weighted by Crippen LogP contribution is 2.07. The topological polar surface area (TPSA) is 37.8 Å². The second-order valence-corrected chi connectivity index (χ2v) is 3.53. The molecule has 0 spiro atoms. The smallest absolute Gasteiger partial charge is 0.212 e. The van der Waals surface area contributed by atoms with Crippen molar-refractivity contribution in [3.63, 3.8) is 0 Å². The van der Waals surface area contributed by atoms with Crippen LogP contribution in [0.5, 0.6) is 0 Å². The molecule has 0 aliphatic carbocycles. The van der Waals surface area contributed by atoms with Crippen LogP contribution in [-0.2, 0) is 6.54 Å². The summed E-state index contributed by atoms with van der Waals surface area (Å²) >= 11 is 0. The number of aryl methyl sites for hydroxylation is 1. The third-order valence-electron chi connectivity index (χ3n) is 2.20. The van der Waals surface area contributed by atoms with Crippen molar-refractivity contribution in [1.29, 1.82) is 0 Å². The summed E-state index contributed by atoms with van der Waals surface area (Å²) in [6.45, 7) is 2.60. The Hall–Kier alpha value is -1.97. The molecule has 0 fully saturated rings. The lowest BCUT2D eigenvalue weighted by atomic mass is 10.2. The van der Waals surface area contributed by atoms with Crippen molar-refractivity contribution in [3.05, 3.63) is 53.9 Å². The van der Waals surface area contributed by atoms with E-state index in [0.29, 0.717) is 6.54 Å². The summed E-state index contributed by atoms with van der Waals surface area (Å²) in [7, 11) is 0. The average Bonchev–Trinajstić information content (AvgIpc) is 2.30. The number of pyridine rings is 2. The molecule has 0 aromatic carbocycles. The van der Waals surface area contributed by atoms with Gasteiger partial charge in [0.2, 0.25) is 5.95 Å². The third-order valence-corrected chi connectivity index (χ3v) is 2.20. The maximum atomic E-state index is 12.5. The normalized spacial score (nSPS) is 10.1. The van der Waals surface area contributed by atoms with Crippen LogP contribution in [-0.4, -0.2) is 9.97 Å². The van der Waals surface area contributed by atoms with Crippen LogP contribution in [0.1, 0.15) is 11.3 Å². The molecule has 0 atom stereocenters. The fourth-order valence-corrected chi connectivity index (χ4v) is 1.29. The zero-order valence-electron chi connectivity index (χ0n) is 8.94. The molecule has 82 valence electrons. The van der Waals surface area contributed by atoms with Gasteiger partial charge in [-0.15, -0.1) is 0 Å². The molecule has 2 heterocycles. The number of hydrogen-bond acceptors (Lipinski definition) is 3. The number of aromatic nitrogens is 2. The second kappa shape index (κ2) is 4.70. The van der Waals surface area contributed by atoms with E-state index in [9.17, 15) is 4.39 Å². The van der Waals surface area contributed by atoms with Crippen LogP contribution >= 0.6 is 0 Å². The first kappa shape index (κ1) is 10.5. The Kier molecular flexibility index (Phi) is 3.10. The third kappa shape index (κ3) is 2.76. The van der Waals surface area contributed by atoms with E-state index in [2.05, 4.69) is 15.3 Å². The van der Waals surface area contributed by atoms with E-state index in [0.717, 1.165) is 16.9 Å².